The molecular weight excluding hydrogens is 442 g/mol. The molecule has 0 radical (unpaired) electrons. The molecule has 2 heterocycles. The van der Waals surface area contributed by atoms with Crippen molar-refractivity contribution in [2.75, 3.05) is 33.4 Å². The lowest BCUT2D eigenvalue weighted by Gasteiger charge is -2.42. The predicted octanol–water partition coefficient (Wildman–Crippen LogP) is 3.99. The van der Waals surface area contributed by atoms with Crippen LogP contribution in [0.3, 0.4) is 0 Å². The smallest absolute Gasteiger partial charge is 0.328 e. The van der Waals surface area contributed by atoms with E-state index in [1.54, 1.807) is 24.1 Å². The number of hydrogen-bond donors (Lipinski definition) is 1. The largest absolute Gasteiger partial charge is 0.508 e. The van der Waals surface area contributed by atoms with E-state index in [2.05, 4.69) is 4.90 Å². The minimum atomic E-state index is -0.828. The number of aromatic hydroxyl groups is 1. The molecule has 0 aliphatic carbocycles. The lowest BCUT2D eigenvalue weighted by molar-refractivity contribution is -0.136. The summed E-state index contributed by atoms with van der Waals surface area (Å²) in [6, 6.07) is 21.1. The van der Waals surface area contributed by atoms with Crippen molar-refractivity contribution in [2.24, 2.45) is 0 Å². The molecule has 7 nitrogen and oxygen atoms in total. The van der Waals surface area contributed by atoms with Crippen LogP contribution < -0.4 is 0 Å². The van der Waals surface area contributed by atoms with Crippen LogP contribution in [0.2, 0.25) is 0 Å². The zero-order valence-electron chi connectivity index (χ0n) is 20.0. The zero-order valence-corrected chi connectivity index (χ0v) is 20.0. The summed E-state index contributed by atoms with van der Waals surface area (Å²) < 4.78 is 5.29. The molecule has 0 unspecified atom stereocenters. The Morgan fingerprint density at radius 1 is 0.914 bits per heavy atom. The van der Waals surface area contributed by atoms with Crippen molar-refractivity contribution in [1.29, 1.82) is 0 Å². The monoisotopic (exact) mass is 473 g/mol. The molecule has 182 valence electrons. The van der Waals surface area contributed by atoms with Crippen molar-refractivity contribution in [3.63, 3.8) is 0 Å². The molecule has 2 fully saturated rings. The van der Waals surface area contributed by atoms with Gasteiger partial charge in [0.15, 0.2) is 0 Å². The number of piperidine rings is 1. The molecular formula is C28H31N3O4. The van der Waals surface area contributed by atoms with Crippen LogP contribution in [-0.2, 0) is 22.6 Å². The average molecular weight is 474 g/mol. The number of carbonyl (C=O) groups is 2. The Balaban J connectivity index is 1.37. The highest BCUT2D eigenvalue weighted by Gasteiger charge is 2.57. The van der Waals surface area contributed by atoms with Gasteiger partial charge in [0, 0.05) is 33.3 Å². The van der Waals surface area contributed by atoms with E-state index in [0.29, 0.717) is 39.1 Å². The van der Waals surface area contributed by atoms with E-state index in [4.69, 9.17) is 4.74 Å². The molecule has 3 amide bonds. The summed E-state index contributed by atoms with van der Waals surface area (Å²) in [5.41, 5.74) is 1.26. The number of amides is 3. The van der Waals surface area contributed by atoms with Crippen LogP contribution >= 0.6 is 0 Å². The van der Waals surface area contributed by atoms with E-state index in [9.17, 15) is 14.7 Å². The Hall–Kier alpha value is -3.42. The number of carbonyl (C=O) groups excluding carboxylic acids is 2. The number of phenolic OH excluding ortho intramolecular Hbond substituents is 1. The molecule has 3 aromatic rings. The van der Waals surface area contributed by atoms with Crippen molar-refractivity contribution >= 4 is 22.7 Å². The van der Waals surface area contributed by atoms with Gasteiger partial charge in [0.2, 0.25) is 0 Å². The minimum absolute atomic E-state index is 0.101. The maximum atomic E-state index is 13.9. The van der Waals surface area contributed by atoms with Crippen molar-refractivity contribution < 1.29 is 19.4 Å². The quantitative estimate of drug-likeness (QED) is 0.526. The van der Waals surface area contributed by atoms with Gasteiger partial charge in [-0.25, -0.2) is 4.79 Å². The number of phenols is 1. The Bertz CT molecular complexity index is 1210. The first kappa shape index (κ1) is 23.3. The molecule has 0 bridgehead atoms. The van der Waals surface area contributed by atoms with Gasteiger partial charge < -0.3 is 14.7 Å². The normalized spacial score (nSPS) is 18.2. The second kappa shape index (κ2) is 9.68. The Morgan fingerprint density at radius 3 is 2.37 bits per heavy atom. The first-order valence-electron chi connectivity index (χ1n) is 12.1. The van der Waals surface area contributed by atoms with Gasteiger partial charge in [0.25, 0.3) is 5.91 Å². The van der Waals surface area contributed by atoms with Gasteiger partial charge in [0.1, 0.15) is 11.3 Å². The number of ether oxygens (including phenoxy) is 1. The lowest BCUT2D eigenvalue weighted by Crippen LogP contribution is -2.57. The molecule has 1 spiro atoms. The van der Waals surface area contributed by atoms with E-state index in [1.165, 1.54) is 4.90 Å². The SMILES string of the molecule is COCCN1C(=O)N(Cc2cccc3ccccc23)C(=O)C12CCN(Cc1ccc(O)cc1)CC2. The van der Waals surface area contributed by atoms with E-state index < -0.39 is 5.54 Å². The third-order valence-corrected chi connectivity index (χ3v) is 7.37. The summed E-state index contributed by atoms with van der Waals surface area (Å²) in [6.07, 6.45) is 1.18. The number of methoxy groups -OCH3 is 1. The number of rotatable bonds is 7. The Labute approximate surface area is 205 Å². The minimum Gasteiger partial charge on any atom is -0.508 e. The van der Waals surface area contributed by atoms with Gasteiger partial charge >= 0.3 is 6.03 Å². The average Bonchev–Trinajstić information content (AvgIpc) is 3.06. The second-order valence-electron chi connectivity index (χ2n) is 9.43. The summed E-state index contributed by atoms with van der Waals surface area (Å²) in [5, 5.41) is 11.7. The number of imide groups is 1. The molecule has 0 saturated carbocycles. The van der Waals surface area contributed by atoms with E-state index >= 15 is 0 Å². The Morgan fingerprint density at radius 2 is 1.63 bits per heavy atom. The first-order valence-corrected chi connectivity index (χ1v) is 12.1. The summed E-state index contributed by atoms with van der Waals surface area (Å²) in [7, 11) is 1.61. The molecule has 2 aliphatic rings. The highest BCUT2D eigenvalue weighted by molar-refractivity contribution is 6.07. The number of hydrogen-bond acceptors (Lipinski definition) is 5. The third kappa shape index (κ3) is 4.37. The zero-order chi connectivity index (χ0) is 24.4. The first-order chi connectivity index (χ1) is 17.0. The third-order valence-electron chi connectivity index (χ3n) is 7.37. The highest BCUT2D eigenvalue weighted by Crippen LogP contribution is 2.38. The lowest BCUT2D eigenvalue weighted by atomic mass is 9.85. The van der Waals surface area contributed by atoms with E-state index in [-0.39, 0.29) is 24.2 Å². The number of nitrogens with zero attached hydrogens (tertiary/aromatic N) is 3. The predicted molar refractivity (Wildman–Crippen MR) is 134 cm³/mol. The van der Waals surface area contributed by atoms with Crippen LogP contribution in [0.1, 0.15) is 24.0 Å². The number of fused-ring (bicyclic) bond motifs is 1. The van der Waals surface area contributed by atoms with Crippen LogP contribution in [0.15, 0.2) is 66.7 Å². The van der Waals surface area contributed by atoms with Crippen LogP contribution in [-0.4, -0.2) is 70.6 Å². The number of benzene rings is 3. The highest BCUT2D eigenvalue weighted by atomic mass is 16.5. The van der Waals surface area contributed by atoms with Gasteiger partial charge in [-0.1, -0.05) is 54.6 Å². The molecule has 5 rings (SSSR count). The van der Waals surface area contributed by atoms with Gasteiger partial charge in [-0.15, -0.1) is 0 Å². The van der Waals surface area contributed by atoms with Crippen LogP contribution in [0.4, 0.5) is 4.79 Å². The number of likely N-dealkylation sites (tertiary alicyclic amines) is 1. The van der Waals surface area contributed by atoms with Crippen LogP contribution in [0, 0.1) is 0 Å². The van der Waals surface area contributed by atoms with Crippen molar-refractivity contribution in [3.05, 3.63) is 77.9 Å². The van der Waals surface area contributed by atoms with Crippen molar-refractivity contribution in [2.45, 2.75) is 31.5 Å². The van der Waals surface area contributed by atoms with Crippen molar-refractivity contribution in [1.82, 2.24) is 14.7 Å². The molecule has 0 aromatic heterocycles. The van der Waals surface area contributed by atoms with Gasteiger partial charge in [0.05, 0.1) is 13.2 Å². The van der Waals surface area contributed by atoms with Gasteiger partial charge in [-0.2, -0.15) is 0 Å². The Kier molecular flexibility index (Phi) is 6.45. The molecule has 35 heavy (non-hydrogen) atoms. The van der Waals surface area contributed by atoms with Gasteiger partial charge in [-0.3, -0.25) is 14.6 Å². The van der Waals surface area contributed by atoms with Crippen molar-refractivity contribution in [3.8, 4) is 5.75 Å². The topological polar surface area (TPSA) is 73.3 Å². The summed E-state index contributed by atoms with van der Waals surface area (Å²) in [5.74, 6) is 0.150. The maximum Gasteiger partial charge on any atom is 0.328 e. The molecule has 2 saturated heterocycles. The van der Waals surface area contributed by atoms with Crippen LogP contribution in [0.25, 0.3) is 10.8 Å². The molecule has 0 atom stereocenters. The fourth-order valence-corrected chi connectivity index (χ4v) is 5.44. The van der Waals surface area contributed by atoms with Gasteiger partial charge in [-0.05, 0) is 46.9 Å². The van der Waals surface area contributed by atoms with Crippen LogP contribution in [0.5, 0.6) is 5.75 Å². The summed E-state index contributed by atoms with van der Waals surface area (Å²) >= 11 is 0. The summed E-state index contributed by atoms with van der Waals surface area (Å²) in [4.78, 5) is 33.0. The molecule has 3 aromatic carbocycles. The van der Waals surface area contributed by atoms with E-state index in [0.717, 1.165) is 28.4 Å². The molecule has 7 heteroatoms. The maximum absolute atomic E-state index is 13.9. The summed E-state index contributed by atoms with van der Waals surface area (Å²) in [6.45, 7) is 3.22. The fourth-order valence-electron chi connectivity index (χ4n) is 5.44. The standard InChI is InChI=1S/C28H31N3O4/c1-35-18-17-31-27(34)30(20-23-7-4-6-22-5-2-3-8-25(22)23)26(33)28(31)13-15-29(16-14-28)19-21-9-11-24(32)12-10-21/h2-12,32H,13-20H2,1H3. The molecule has 1 N–H and O–H groups in total. The second-order valence-corrected chi connectivity index (χ2v) is 9.43. The fraction of sp³-hybridized carbons (Fsp3) is 0.357. The van der Waals surface area contributed by atoms with E-state index in [1.807, 2.05) is 54.6 Å². The number of urea groups is 1. The molecule has 2 aliphatic heterocycles.